The SMILES string of the molecule is O=C(NCC(F)(F)F)c1ccc(S(=O)(=O)N(Cc2ccco2)c2ccccn2)cc1. The smallest absolute Gasteiger partial charge is 0.405 e. The van der Waals surface area contributed by atoms with Crippen LogP contribution in [-0.2, 0) is 16.6 Å². The number of carbonyl (C=O) groups is 1. The highest BCUT2D eigenvalue weighted by Crippen LogP contribution is 2.24. The Balaban J connectivity index is 1.87. The van der Waals surface area contributed by atoms with Gasteiger partial charge in [0.25, 0.3) is 15.9 Å². The molecule has 1 aromatic carbocycles. The Morgan fingerprint density at radius 1 is 1.07 bits per heavy atom. The number of rotatable bonds is 7. The Kier molecular flexibility index (Phi) is 6.11. The van der Waals surface area contributed by atoms with Gasteiger partial charge in [0.1, 0.15) is 18.1 Å². The number of furan rings is 1. The number of halogens is 3. The van der Waals surface area contributed by atoms with Crippen LogP contribution in [0.1, 0.15) is 16.1 Å². The first-order valence-corrected chi connectivity index (χ1v) is 10.0. The molecule has 2 heterocycles. The van der Waals surface area contributed by atoms with Crippen LogP contribution in [0.2, 0.25) is 0 Å². The van der Waals surface area contributed by atoms with E-state index in [1.807, 2.05) is 0 Å². The summed E-state index contributed by atoms with van der Waals surface area (Å²) in [6.07, 6.45) is -1.70. The van der Waals surface area contributed by atoms with Gasteiger partial charge < -0.3 is 9.73 Å². The zero-order valence-electron chi connectivity index (χ0n) is 15.3. The van der Waals surface area contributed by atoms with Crippen molar-refractivity contribution >= 4 is 21.7 Å². The van der Waals surface area contributed by atoms with Crippen molar-refractivity contribution in [2.75, 3.05) is 10.8 Å². The predicted octanol–water partition coefficient (Wildman–Crippen LogP) is 3.36. The summed E-state index contributed by atoms with van der Waals surface area (Å²) in [4.78, 5) is 15.7. The van der Waals surface area contributed by atoms with Crippen LogP contribution in [-0.4, -0.2) is 32.0 Å². The van der Waals surface area contributed by atoms with E-state index in [0.717, 1.165) is 28.6 Å². The van der Waals surface area contributed by atoms with Crippen molar-refractivity contribution in [3.05, 3.63) is 78.4 Å². The van der Waals surface area contributed by atoms with Gasteiger partial charge in [-0.3, -0.25) is 4.79 Å². The van der Waals surface area contributed by atoms with E-state index in [1.165, 1.54) is 18.5 Å². The van der Waals surface area contributed by atoms with Gasteiger partial charge in [-0.25, -0.2) is 17.7 Å². The number of hydrogen-bond donors (Lipinski definition) is 1. The normalized spacial score (nSPS) is 11.8. The quantitative estimate of drug-likeness (QED) is 0.610. The molecule has 0 aliphatic heterocycles. The van der Waals surface area contributed by atoms with Gasteiger partial charge in [0.2, 0.25) is 0 Å². The van der Waals surface area contributed by atoms with Crippen LogP contribution < -0.4 is 9.62 Å². The van der Waals surface area contributed by atoms with Crippen LogP contribution in [0.25, 0.3) is 0 Å². The van der Waals surface area contributed by atoms with Crippen LogP contribution >= 0.6 is 0 Å². The zero-order valence-corrected chi connectivity index (χ0v) is 16.2. The van der Waals surface area contributed by atoms with Crippen LogP contribution in [0.15, 0.2) is 76.4 Å². The Bertz CT molecular complexity index is 1080. The molecule has 7 nitrogen and oxygen atoms in total. The van der Waals surface area contributed by atoms with E-state index < -0.39 is 28.7 Å². The zero-order chi connectivity index (χ0) is 21.8. The first-order chi connectivity index (χ1) is 14.2. The molecule has 0 atom stereocenters. The second-order valence-corrected chi connectivity index (χ2v) is 7.96. The molecule has 0 fully saturated rings. The number of nitrogens with one attached hydrogen (secondary N) is 1. The van der Waals surface area contributed by atoms with Gasteiger partial charge in [-0.1, -0.05) is 6.07 Å². The maximum absolute atomic E-state index is 13.2. The minimum atomic E-state index is -4.55. The molecular weight excluding hydrogens is 423 g/mol. The standard InChI is InChI=1S/C19H16F3N3O4S/c20-19(21,22)13-24-18(26)14-6-8-16(9-7-14)30(27,28)25(12-15-4-3-11-29-15)17-5-1-2-10-23-17/h1-11H,12-13H2,(H,24,26). The van der Waals surface area contributed by atoms with Gasteiger partial charge in [0.15, 0.2) is 0 Å². The fourth-order valence-corrected chi connectivity index (χ4v) is 3.91. The molecule has 2 aromatic heterocycles. The molecule has 0 saturated carbocycles. The van der Waals surface area contributed by atoms with Crippen LogP contribution in [0.4, 0.5) is 19.0 Å². The number of amides is 1. The van der Waals surface area contributed by atoms with E-state index in [-0.39, 0.29) is 22.8 Å². The number of sulfonamides is 1. The summed E-state index contributed by atoms with van der Waals surface area (Å²) in [6, 6.07) is 12.6. The highest BCUT2D eigenvalue weighted by molar-refractivity contribution is 7.92. The van der Waals surface area contributed by atoms with Crippen LogP contribution in [0.3, 0.4) is 0 Å². The van der Waals surface area contributed by atoms with Crippen molar-refractivity contribution in [1.82, 2.24) is 10.3 Å². The first kappa shape index (κ1) is 21.4. The lowest BCUT2D eigenvalue weighted by atomic mass is 10.2. The average molecular weight is 439 g/mol. The number of alkyl halides is 3. The van der Waals surface area contributed by atoms with Gasteiger partial charge >= 0.3 is 6.18 Å². The Hall–Kier alpha value is -3.34. The topological polar surface area (TPSA) is 92.5 Å². The molecule has 3 rings (SSSR count). The monoisotopic (exact) mass is 439 g/mol. The van der Waals surface area contributed by atoms with E-state index in [2.05, 4.69) is 4.98 Å². The third-order valence-electron chi connectivity index (χ3n) is 3.94. The maximum atomic E-state index is 13.2. The summed E-state index contributed by atoms with van der Waals surface area (Å²) >= 11 is 0. The van der Waals surface area contributed by atoms with E-state index in [9.17, 15) is 26.4 Å². The maximum Gasteiger partial charge on any atom is 0.405 e. The van der Waals surface area contributed by atoms with E-state index >= 15 is 0 Å². The molecule has 1 N–H and O–H groups in total. The Labute approximate surface area is 170 Å². The van der Waals surface area contributed by atoms with Crippen LogP contribution in [0, 0.1) is 0 Å². The van der Waals surface area contributed by atoms with Gasteiger partial charge in [0, 0.05) is 11.8 Å². The minimum absolute atomic E-state index is 0.103. The van der Waals surface area contributed by atoms with Crippen molar-refractivity contribution in [1.29, 1.82) is 0 Å². The van der Waals surface area contributed by atoms with Gasteiger partial charge in [-0.05, 0) is 48.5 Å². The molecule has 0 aliphatic carbocycles. The third kappa shape index (κ3) is 5.17. The Morgan fingerprint density at radius 3 is 2.37 bits per heavy atom. The molecule has 0 saturated heterocycles. The largest absolute Gasteiger partial charge is 0.467 e. The minimum Gasteiger partial charge on any atom is -0.467 e. The van der Waals surface area contributed by atoms with Crippen molar-refractivity contribution in [3.8, 4) is 0 Å². The molecule has 0 bridgehead atoms. The van der Waals surface area contributed by atoms with Gasteiger partial charge in [-0.2, -0.15) is 13.2 Å². The Morgan fingerprint density at radius 2 is 1.80 bits per heavy atom. The second kappa shape index (κ2) is 8.57. The predicted molar refractivity (Wildman–Crippen MR) is 101 cm³/mol. The van der Waals surface area contributed by atoms with Crippen LogP contribution in [0.5, 0.6) is 0 Å². The molecule has 0 unspecified atom stereocenters. The average Bonchev–Trinajstić information content (AvgIpc) is 3.24. The van der Waals surface area contributed by atoms with E-state index in [1.54, 1.807) is 29.6 Å². The summed E-state index contributed by atoms with van der Waals surface area (Å²) in [5.74, 6) is -0.429. The number of carbonyl (C=O) groups excluding carboxylic acids is 1. The highest BCUT2D eigenvalue weighted by Gasteiger charge is 2.29. The summed E-state index contributed by atoms with van der Waals surface area (Å²) in [7, 11) is -4.11. The molecule has 30 heavy (non-hydrogen) atoms. The molecule has 11 heteroatoms. The number of benzene rings is 1. The van der Waals surface area contributed by atoms with Gasteiger partial charge in [0.05, 0.1) is 17.7 Å². The second-order valence-electron chi connectivity index (χ2n) is 6.10. The molecule has 0 spiro atoms. The first-order valence-electron chi connectivity index (χ1n) is 8.58. The number of aromatic nitrogens is 1. The summed E-state index contributed by atoms with van der Waals surface area (Å²) in [5.41, 5.74) is -0.103. The number of nitrogens with zero attached hydrogens (tertiary/aromatic N) is 2. The number of pyridine rings is 1. The van der Waals surface area contributed by atoms with Crippen molar-refractivity contribution in [3.63, 3.8) is 0 Å². The van der Waals surface area contributed by atoms with E-state index in [0.29, 0.717) is 5.76 Å². The molecule has 0 aliphatic rings. The molecule has 1 amide bonds. The lowest BCUT2D eigenvalue weighted by Gasteiger charge is -2.22. The fourth-order valence-electron chi connectivity index (χ4n) is 2.52. The number of hydrogen-bond acceptors (Lipinski definition) is 5. The van der Waals surface area contributed by atoms with Crippen molar-refractivity contribution in [2.45, 2.75) is 17.6 Å². The highest BCUT2D eigenvalue weighted by atomic mass is 32.2. The fraction of sp³-hybridized carbons (Fsp3) is 0.158. The van der Waals surface area contributed by atoms with Gasteiger partial charge in [-0.15, -0.1) is 0 Å². The molecule has 0 radical (unpaired) electrons. The lowest BCUT2D eigenvalue weighted by Crippen LogP contribution is -2.34. The van der Waals surface area contributed by atoms with Crippen molar-refractivity contribution < 1.29 is 30.8 Å². The molecule has 3 aromatic rings. The third-order valence-corrected chi connectivity index (χ3v) is 5.70. The van der Waals surface area contributed by atoms with E-state index in [4.69, 9.17) is 4.42 Å². The molecular formula is C19H16F3N3O4S. The molecule has 158 valence electrons. The summed E-state index contributed by atoms with van der Waals surface area (Å²) in [6.45, 7) is -1.61. The van der Waals surface area contributed by atoms with Crippen molar-refractivity contribution in [2.24, 2.45) is 0 Å². The summed E-state index contributed by atoms with van der Waals surface area (Å²) < 4.78 is 69.4. The lowest BCUT2D eigenvalue weighted by molar-refractivity contribution is -0.123. The summed E-state index contributed by atoms with van der Waals surface area (Å²) in [5, 5.41) is 1.73. The number of anilines is 1.